The Kier molecular flexibility index (Phi) is 11.3. The smallest absolute Gasteiger partial charge is 0.137 e. The van der Waals surface area contributed by atoms with Crippen LogP contribution in [0, 0.1) is 5.92 Å². The molecule has 0 spiro atoms. The molecule has 55 heavy (non-hydrogen) atoms. The quantitative estimate of drug-likeness (QED) is 0.112. The molecule has 0 saturated carbocycles. The summed E-state index contributed by atoms with van der Waals surface area (Å²) >= 11 is 0. The van der Waals surface area contributed by atoms with Gasteiger partial charge in [0.2, 0.25) is 0 Å². The minimum absolute atomic E-state index is 0.00173. The summed E-state index contributed by atoms with van der Waals surface area (Å²) in [7, 11) is 0. The summed E-state index contributed by atoms with van der Waals surface area (Å²) in [6.07, 6.45) is 9.59. The van der Waals surface area contributed by atoms with Gasteiger partial charge in [-0.15, -0.1) is 0 Å². The van der Waals surface area contributed by atoms with Crippen LogP contribution in [0.3, 0.4) is 0 Å². The molecule has 7 rings (SSSR count). The molecule has 0 amide bonds. The highest BCUT2D eigenvalue weighted by Crippen LogP contribution is 2.39. The SMILES string of the molecule is CCCc1nn(-c2cccc(Oc3ccc4c5cc(C(C)CC(C)CCC)ccc5n(-c5cc(C(C)(C)C)ccn5)c4c3)c2)c(CCC)c1-c1ccccc1. The number of aryl methyl sites for hydroxylation is 1. The molecule has 5 heteroatoms. The zero-order chi connectivity index (χ0) is 38.7. The maximum Gasteiger partial charge on any atom is 0.137 e. The summed E-state index contributed by atoms with van der Waals surface area (Å²) in [6, 6.07) is 37.1. The summed E-state index contributed by atoms with van der Waals surface area (Å²) in [5, 5.41) is 7.69. The minimum atomic E-state index is -0.00173. The Morgan fingerprint density at radius 3 is 2.24 bits per heavy atom. The molecule has 2 atom stereocenters. The van der Waals surface area contributed by atoms with Crippen molar-refractivity contribution >= 4 is 21.8 Å². The van der Waals surface area contributed by atoms with Crippen molar-refractivity contribution in [1.82, 2.24) is 19.3 Å². The molecule has 0 bridgehead atoms. The zero-order valence-electron chi connectivity index (χ0n) is 34.2. The Morgan fingerprint density at radius 1 is 0.709 bits per heavy atom. The fourth-order valence-corrected chi connectivity index (χ4v) is 8.34. The molecule has 7 aromatic rings. The van der Waals surface area contributed by atoms with Crippen molar-refractivity contribution in [3.63, 3.8) is 0 Å². The average molecular weight is 731 g/mol. The number of fused-ring (bicyclic) bond motifs is 3. The van der Waals surface area contributed by atoms with E-state index in [1.165, 1.54) is 58.0 Å². The monoisotopic (exact) mass is 730 g/mol. The number of aromatic nitrogens is 4. The number of benzene rings is 4. The van der Waals surface area contributed by atoms with E-state index >= 15 is 0 Å². The Labute approximate surface area is 328 Å². The molecule has 0 aliphatic rings. The van der Waals surface area contributed by atoms with Crippen molar-refractivity contribution < 1.29 is 4.74 Å². The fraction of sp³-hybridized carbons (Fsp3) is 0.360. The van der Waals surface area contributed by atoms with Crippen LogP contribution in [0.5, 0.6) is 11.5 Å². The fourth-order valence-electron chi connectivity index (χ4n) is 8.34. The van der Waals surface area contributed by atoms with E-state index in [9.17, 15) is 0 Å². The third-order valence-electron chi connectivity index (χ3n) is 11.1. The van der Waals surface area contributed by atoms with Gasteiger partial charge in [-0.05, 0) is 102 Å². The Balaban J connectivity index is 1.31. The van der Waals surface area contributed by atoms with Crippen LogP contribution in [0.25, 0.3) is 44.4 Å². The number of hydrogen-bond donors (Lipinski definition) is 0. The van der Waals surface area contributed by atoms with E-state index in [0.29, 0.717) is 11.8 Å². The number of pyridine rings is 1. The predicted octanol–water partition coefficient (Wildman–Crippen LogP) is 14.0. The molecule has 2 unspecified atom stereocenters. The molecular formula is C50H58N4O. The highest BCUT2D eigenvalue weighted by Gasteiger charge is 2.22. The Morgan fingerprint density at radius 2 is 1.49 bits per heavy atom. The Hall–Kier alpha value is -5.16. The first-order valence-electron chi connectivity index (χ1n) is 20.6. The normalized spacial score (nSPS) is 13.1. The largest absolute Gasteiger partial charge is 0.457 e. The van der Waals surface area contributed by atoms with Crippen LogP contribution >= 0.6 is 0 Å². The van der Waals surface area contributed by atoms with Gasteiger partial charge < -0.3 is 4.74 Å². The average Bonchev–Trinajstić information content (AvgIpc) is 3.70. The molecular weight excluding hydrogens is 673 g/mol. The van der Waals surface area contributed by atoms with Gasteiger partial charge >= 0.3 is 0 Å². The van der Waals surface area contributed by atoms with E-state index in [-0.39, 0.29) is 5.41 Å². The maximum absolute atomic E-state index is 6.74. The molecule has 0 aliphatic carbocycles. The number of nitrogens with zero attached hydrogens (tertiary/aromatic N) is 4. The van der Waals surface area contributed by atoms with Crippen LogP contribution < -0.4 is 4.74 Å². The molecule has 3 aromatic heterocycles. The predicted molar refractivity (Wildman–Crippen MR) is 231 cm³/mol. The van der Waals surface area contributed by atoms with Gasteiger partial charge in [-0.3, -0.25) is 4.57 Å². The van der Waals surface area contributed by atoms with Crippen LogP contribution in [0.15, 0.2) is 109 Å². The van der Waals surface area contributed by atoms with Gasteiger partial charge in [0.1, 0.15) is 17.3 Å². The summed E-state index contributed by atoms with van der Waals surface area (Å²) in [5.74, 6) is 3.67. The van der Waals surface area contributed by atoms with Crippen molar-refractivity contribution in [3.8, 4) is 34.1 Å². The van der Waals surface area contributed by atoms with Crippen LogP contribution in [-0.4, -0.2) is 19.3 Å². The lowest BCUT2D eigenvalue weighted by Gasteiger charge is -2.20. The highest BCUT2D eigenvalue weighted by atomic mass is 16.5. The van der Waals surface area contributed by atoms with Crippen molar-refractivity contribution in [1.29, 1.82) is 0 Å². The zero-order valence-corrected chi connectivity index (χ0v) is 34.2. The highest BCUT2D eigenvalue weighted by molar-refractivity contribution is 6.09. The summed E-state index contributed by atoms with van der Waals surface area (Å²) in [6.45, 7) is 18.3. The van der Waals surface area contributed by atoms with Gasteiger partial charge in [0.15, 0.2) is 0 Å². The minimum Gasteiger partial charge on any atom is -0.457 e. The third kappa shape index (κ3) is 7.99. The summed E-state index contributed by atoms with van der Waals surface area (Å²) < 4.78 is 11.2. The van der Waals surface area contributed by atoms with Gasteiger partial charge in [0.25, 0.3) is 0 Å². The summed E-state index contributed by atoms with van der Waals surface area (Å²) in [4.78, 5) is 4.95. The second-order valence-corrected chi connectivity index (χ2v) is 16.6. The Bertz CT molecular complexity index is 2390. The number of rotatable bonds is 14. The van der Waals surface area contributed by atoms with E-state index < -0.39 is 0 Å². The second-order valence-electron chi connectivity index (χ2n) is 16.6. The molecule has 5 nitrogen and oxygen atoms in total. The van der Waals surface area contributed by atoms with E-state index in [1.807, 2.05) is 12.3 Å². The van der Waals surface area contributed by atoms with Crippen LogP contribution in [0.1, 0.15) is 116 Å². The maximum atomic E-state index is 6.74. The number of hydrogen-bond acceptors (Lipinski definition) is 3. The molecule has 0 aliphatic heterocycles. The standard InChI is InChI=1S/C50H58N4O/c1-9-16-34(4)29-35(5)37-23-26-45-43(30-37)42-25-24-41(33-47(42)53(45)48-31-38(27-28-51-48)50(6,7)8)55-40-22-15-21-39(32-40)54-46(18-11-3)49(44(52-54)17-10-2)36-19-13-12-14-20-36/h12-15,19-28,30-35H,9-11,16-18,29H2,1-8H3. The van der Waals surface area contributed by atoms with E-state index in [4.69, 9.17) is 14.8 Å². The van der Waals surface area contributed by atoms with Gasteiger partial charge in [-0.1, -0.05) is 124 Å². The number of ether oxygens (including phenoxy) is 1. The van der Waals surface area contributed by atoms with Crippen LogP contribution in [0.2, 0.25) is 0 Å². The van der Waals surface area contributed by atoms with Gasteiger partial charge in [0.05, 0.1) is 28.1 Å². The topological polar surface area (TPSA) is 44.9 Å². The van der Waals surface area contributed by atoms with E-state index in [0.717, 1.165) is 65.4 Å². The van der Waals surface area contributed by atoms with Crippen LogP contribution in [0.4, 0.5) is 0 Å². The molecule has 4 aromatic carbocycles. The van der Waals surface area contributed by atoms with Crippen molar-refractivity contribution in [2.45, 2.75) is 112 Å². The molecule has 0 N–H and O–H groups in total. The van der Waals surface area contributed by atoms with Crippen molar-refractivity contribution in [3.05, 3.63) is 132 Å². The summed E-state index contributed by atoms with van der Waals surface area (Å²) in [5.41, 5.74) is 10.8. The van der Waals surface area contributed by atoms with Gasteiger partial charge in [-0.25, -0.2) is 9.67 Å². The molecule has 0 fully saturated rings. The lowest BCUT2D eigenvalue weighted by atomic mass is 9.88. The first-order valence-corrected chi connectivity index (χ1v) is 20.6. The molecule has 0 saturated heterocycles. The van der Waals surface area contributed by atoms with E-state index in [1.54, 1.807) is 0 Å². The molecule has 0 radical (unpaired) electrons. The first kappa shape index (κ1) is 38.1. The van der Waals surface area contributed by atoms with Gasteiger partial charge in [-0.2, -0.15) is 5.10 Å². The second kappa shape index (κ2) is 16.3. The lowest BCUT2D eigenvalue weighted by molar-refractivity contribution is 0.449. The first-order chi connectivity index (χ1) is 26.6. The van der Waals surface area contributed by atoms with E-state index in [2.05, 4.69) is 162 Å². The van der Waals surface area contributed by atoms with Gasteiger partial charge in [0, 0.05) is 34.7 Å². The third-order valence-corrected chi connectivity index (χ3v) is 11.1. The van der Waals surface area contributed by atoms with Crippen LogP contribution in [-0.2, 0) is 18.3 Å². The van der Waals surface area contributed by atoms with Crippen molar-refractivity contribution in [2.24, 2.45) is 5.92 Å². The molecule has 3 heterocycles. The lowest BCUT2D eigenvalue weighted by Crippen LogP contribution is -2.12. The molecule has 284 valence electrons. The van der Waals surface area contributed by atoms with Crippen molar-refractivity contribution in [2.75, 3.05) is 0 Å².